The smallest absolute Gasteiger partial charge is 0.326 e. The third-order valence-corrected chi connectivity index (χ3v) is 6.91. The highest BCUT2D eigenvalue weighted by Crippen LogP contribution is 2.21. The number of aryl methyl sites for hydroxylation is 1. The summed E-state index contributed by atoms with van der Waals surface area (Å²) in [5.74, 6) is -1.01. The van der Waals surface area contributed by atoms with E-state index in [0.717, 1.165) is 41.7 Å². The van der Waals surface area contributed by atoms with Gasteiger partial charge < -0.3 is 9.30 Å². The van der Waals surface area contributed by atoms with Crippen LogP contribution in [0.15, 0.2) is 51.8 Å². The van der Waals surface area contributed by atoms with Gasteiger partial charge in [0.05, 0.1) is 21.7 Å². The van der Waals surface area contributed by atoms with Gasteiger partial charge in [0.1, 0.15) is 12.4 Å². The minimum atomic E-state index is -4.08. The Morgan fingerprint density at radius 1 is 1.17 bits per heavy atom. The number of ether oxygens (including phenoxy) is 1. The lowest BCUT2D eigenvalue weighted by molar-refractivity contribution is -0.143. The molecule has 2 aromatic carbocycles. The molecular formula is C21H23FN2O4S2. The molecule has 0 unspecified atom stereocenters. The molecule has 0 radical (unpaired) electrons. The van der Waals surface area contributed by atoms with Crippen LogP contribution in [0.2, 0.25) is 0 Å². The molecule has 1 heterocycles. The van der Waals surface area contributed by atoms with Gasteiger partial charge in [-0.2, -0.15) is 8.42 Å². The second-order valence-electron chi connectivity index (χ2n) is 6.70. The number of aromatic nitrogens is 1. The van der Waals surface area contributed by atoms with Gasteiger partial charge in [-0.15, -0.1) is 4.40 Å². The topological polar surface area (TPSA) is 77.7 Å². The second-order valence-corrected chi connectivity index (χ2v) is 9.31. The van der Waals surface area contributed by atoms with E-state index in [-0.39, 0.29) is 22.8 Å². The summed E-state index contributed by atoms with van der Waals surface area (Å²) in [7, 11) is -4.08. The zero-order chi connectivity index (χ0) is 21.7. The summed E-state index contributed by atoms with van der Waals surface area (Å²) in [6.07, 6.45) is 3.04. The molecule has 3 aromatic rings. The van der Waals surface area contributed by atoms with Crippen LogP contribution in [0, 0.1) is 5.82 Å². The number of nitrogens with zero attached hydrogens (tertiary/aromatic N) is 2. The predicted octanol–water partition coefficient (Wildman–Crippen LogP) is 4.04. The SMILES string of the molecule is CCCCc1ccc2c(c1)s/c(=N\S(=O)(=O)c1ccc(F)cc1)n2CC(=O)OCC. The summed E-state index contributed by atoms with van der Waals surface area (Å²) in [5, 5.41) is 0. The zero-order valence-corrected chi connectivity index (χ0v) is 18.4. The van der Waals surface area contributed by atoms with Crippen molar-refractivity contribution in [1.29, 1.82) is 0 Å². The maximum absolute atomic E-state index is 13.2. The molecule has 30 heavy (non-hydrogen) atoms. The van der Waals surface area contributed by atoms with Gasteiger partial charge in [-0.3, -0.25) is 4.79 Å². The van der Waals surface area contributed by atoms with Crippen LogP contribution in [0.25, 0.3) is 10.2 Å². The van der Waals surface area contributed by atoms with Gasteiger partial charge in [0.15, 0.2) is 0 Å². The van der Waals surface area contributed by atoms with Gasteiger partial charge in [-0.05, 0) is 61.7 Å². The fourth-order valence-electron chi connectivity index (χ4n) is 2.97. The molecule has 160 valence electrons. The number of esters is 1. The van der Waals surface area contributed by atoms with Crippen molar-refractivity contribution in [1.82, 2.24) is 4.57 Å². The number of carbonyl (C=O) groups excluding carboxylic acids is 1. The Labute approximate surface area is 178 Å². The number of sulfonamides is 1. The first kappa shape index (κ1) is 22.2. The number of thiazole rings is 1. The average molecular weight is 451 g/mol. The van der Waals surface area contributed by atoms with Crippen LogP contribution in [0.5, 0.6) is 0 Å². The molecule has 0 fully saturated rings. The lowest BCUT2D eigenvalue weighted by Crippen LogP contribution is -2.23. The summed E-state index contributed by atoms with van der Waals surface area (Å²) in [6, 6.07) is 10.3. The van der Waals surface area contributed by atoms with E-state index in [4.69, 9.17) is 4.74 Å². The molecule has 0 N–H and O–H groups in total. The Kier molecular flexibility index (Phi) is 7.04. The van der Waals surface area contributed by atoms with E-state index < -0.39 is 21.8 Å². The standard InChI is InChI=1S/C21H23FN2O4S2/c1-3-5-6-15-7-12-18-19(13-15)29-21(24(18)14-20(25)28-4-2)23-30(26,27)17-10-8-16(22)9-11-17/h7-13H,3-6,14H2,1-2H3/b23-21-. The number of fused-ring (bicyclic) bond motifs is 1. The zero-order valence-electron chi connectivity index (χ0n) is 16.8. The highest BCUT2D eigenvalue weighted by molar-refractivity contribution is 7.90. The van der Waals surface area contributed by atoms with E-state index >= 15 is 0 Å². The van der Waals surface area contributed by atoms with Crippen LogP contribution >= 0.6 is 11.3 Å². The van der Waals surface area contributed by atoms with Crippen molar-refractivity contribution in [3.63, 3.8) is 0 Å². The molecule has 0 amide bonds. The van der Waals surface area contributed by atoms with Gasteiger partial charge in [0, 0.05) is 0 Å². The van der Waals surface area contributed by atoms with Crippen LogP contribution in [-0.2, 0) is 32.5 Å². The summed E-state index contributed by atoms with van der Waals surface area (Å²) in [5.41, 5.74) is 1.85. The fraction of sp³-hybridized carbons (Fsp3) is 0.333. The Hall–Kier alpha value is -2.52. The van der Waals surface area contributed by atoms with Crippen molar-refractivity contribution in [2.75, 3.05) is 6.61 Å². The van der Waals surface area contributed by atoms with Crippen LogP contribution in [0.1, 0.15) is 32.3 Å². The molecule has 3 rings (SSSR count). The number of hydrogen-bond donors (Lipinski definition) is 0. The Morgan fingerprint density at radius 3 is 2.57 bits per heavy atom. The van der Waals surface area contributed by atoms with Crippen molar-refractivity contribution in [2.45, 2.75) is 44.6 Å². The monoisotopic (exact) mass is 450 g/mol. The average Bonchev–Trinajstić information content (AvgIpc) is 3.02. The number of benzene rings is 2. The van der Waals surface area contributed by atoms with Crippen LogP contribution in [-0.4, -0.2) is 25.6 Å². The molecular weight excluding hydrogens is 427 g/mol. The summed E-state index contributed by atoms with van der Waals surface area (Å²) in [4.78, 5) is 12.2. The quantitative estimate of drug-likeness (QED) is 0.486. The van der Waals surface area contributed by atoms with Gasteiger partial charge in [-0.1, -0.05) is 30.7 Å². The fourth-order valence-corrected chi connectivity index (χ4v) is 5.27. The van der Waals surface area contributed by atoms with Crippen molar-refractivity contribution in [3.05, 3.63) is 58.6 Å². The van der Waals surface area contributed by atoms with E-state index in [1.165, 1.54) is 23.5 Å². The molecule has 6 nitrogen and oxygen atoms in total. The first-order valence-electron chi connectivity index (χ1n) is 9.68. The van der Waals surface area contributed by atoms with Gasteiger partial charge in [0.25, 0.3) is 10.0 Å². The molecule has 9 heteroatoms. The maximum Gasteiger partial charge on any atom is 0.326 e. The first-order valence-corrected chi connectivity index (χ1v) is 11.9. The van der Waals surface area contributed by atoms with E-state index in [1.807, 2.05) is 18.2 Å². The molecule has 0 bridgehead atoms. The Balaban J connectivity index is 2.13. The second kappa shape index (κ2) is 9.53. The Bertz CT molecular complexity index is 1210. The number of unbranched alkanes of at least 4 members (excludes halogenated alkanes) is 1. The van der Waals surface area contributed by atoms with Gasteiger partial charge >= 0.3 is 5.97 Å². The van der Waals surface area contributed by atoms with Crippen LogP contribution in [0.4, 0.5) is 4.39 Å². The molecule has 0 aliphatic carbocycles. The minimum Gasteiger partial charge on any atom is -0.465 e. The number of rotatable bonds is 8. The molecule has 0 spiro atoms. The molecule has 0 aliphatic heterocycles. The van der Waals surface area contributed by atoms with E-state index in [2.05, 4.69) is 11.3 Å². The van der Waals surface area contributed by atoms with Gasteiger partial charge in [0.2, 0.25) is 4.80 Å². The minimum absolute atomic E-state index is 0.118. The van der Waals surface area contributed by atoms with E-state index in [1.54, 1.807) is 11.5 Å². The van der Waals surface area contributed by atoms with E-state index in [0.29, 0.717) is 5.52 Å². The number of carbonyl (C=O) groups is 1. The van der Waals surface area contributed by atoms with Crippen LogP contribution < -0.4 is 4.80 Å². The third kappa shape index (κ3) is 5.14. The third-order valence-electron chi connectivity index (χ3n) is 4.47. The predicted molar refractivity (Wildman–Crippen MR) is 114 cm³/mol. The first-order chi connectivity index (χ1) is 14.3. The van der Waals surface area contributed by atoms with Crippen LogP contribution in [0.3, 0.4) is 0 Å². The van der Waals surface area contributed by atoms with Crippen molar-refractivity contribution in [3.8, 4) is 0 Å². The largest absolute Gasteiger partial charge is 0.465 e. The maximum atomic E-state index is 13.2. The molecule has 0 saturated heterocycles. The highest BCUT2D eigenvalue weighted by atomic mass is 32.2. The number of hydrogen-bond acceptors (Lipinski definition) is 5. The summed E-state index contributed by atoms with van der Waals surface area (Å²) >= 11 is 1.19. The van der Waals surface area contributed by atoms with Crippen molar-refractivity contribution in [2.24, 2.45) is 4.40 Å². The Morgan fingerprint density at radius 2 is 1.90 bits per heavy atom. The van der Waals surface area contributed by atoms with Gasteiger partial charge in [-0.25, -0.2) is 4.39 Å². The lowest BCUT2D eigenvalue weighted by Gasteiger charge is -2.06. The summed E-state index contributed by atoms with van der Waals surface area (Å²) in [6.45, 7) is 3.90. The molecule has 1 aromatic heterocycles. The molecule has 0 aliphatic rings. The van der Waals surface area contributed by atoms with Crippen molar-refractivity contribution >= 4 is 37.5 Å². The normalized spacial score (nSPS) is 12.4. The lowest BCUT2D eigenvalue weighted by atomic mass is 10.1. The number of halogens is 1. The highest BCUT2D eigenvalue weighted by Gasteiger charge is 2.17. The van der Waals surface area contributed by atoms with E-state index in [9.17, 15) is 17.6 Å². The summed E-state index contributed by atoms with van der Waals surface area (Å²) < 4.78 is 50.0. The van der Waals surface area contributed by atoms with Crippen molar-refractivity contribution < 1.29 is 22.3 Å². The molecule has 0 atom stereocenters. The molecule has 0 saturated carbocycles.